The fourth-order valence-electron chi connectivity index (χ4n) is 1.79. The van der Waals surface area contributed by atoms with Crippen LogP contribution in [0.3, 0.4) is 0 Å². The maximum absolute atomic E-state index is 13.0. The van der Waals surface area contributed by atoms with Crippen LogP contribution in [0, 0.1) is 0 Å². The van der Waals surface area contributed by atoms with Crippen LogP contribution in [-0.2, 0) is 12.7 Å². The van der Waals surface area contributed by atoms with Crippen molar-refractivity contribution in [2.75, 3.05) is 25.0 Å². The minimum absolute atomic E-state index is 0.0875. The molecule has 0 heterocycles. The normalized spacial score (nSPS) is 12.0. The van der Waals surface area contributed by atoms with Crippen molar-refractivity contribution >= 4 is 5.69 Å². The molecular formula is C13H17F5N2. The van der Waals surface area contributed by atoms with E-state index in [0.29, 0.717) is 6.54 Å². The zero-order valence-corrected chi connectivity index (χ0v) is 11.3. The van der Waals surface area contributed by atoms with Crippen molar-refractivity contribution in [3.8, 4) is 0 Å². The highest BCUT2D eigenvalue weighted by atomic mass is 19.4. The third kappa shape index (κ3) is 4.63. The number of alkyl halides is 5. The molecule has 0 amide bonds. The Morgan fingerprint density at radius 1 is 1.25 bits per heavy atom. The fourth-order valence-corrected chi connectivity index (χ4v) is 1.79. The number of hydrogen-bond donors (Lipinski definition) is 1. The second kappa shape index (κ2) is 6.88. The van der Waals surface area contributed by atoms with Gasteiger partial charge in [0.05, 0.1) is 12.1 Å². The van der Waals surface area contributed by atoms with Gasteiger partial charge in [0, 0.05) is 19.3 Å². The van der Waals surface area contributed by atoms with Gasteiger partial charge in [0.15, 0.2) is 0 Å². The second-order valence-electron chi connectivity index (χ2n) is 4.39. The molecule has 0 spiro atoms. The Bertz CT molecular complexity index is 431. The highest BCUT2D eigenvalue weighted by Crippen LogP contribution is 2.34. The van der Waals surface area contributed by atoms with Gasteiger partial charge in [-0.15, -0.1) is 0 Å². The molecular weight excluding hydrogens is 279 g/mol. The molecule has 0 aliphatic rings. The average Bonchev–Trinajstić information content (AvgIpc) is 2.34. The predicted octanol–water partition coefficient (Wildman–Crippen LogP) is 3.52. The summed E-state index contributed by atoms with van der Waals surface area (Å²) in [6, 6.07) is 3.65. The Labute approximate surface area is 114 Å². The van der Waals surface area contributed by atoms with E-state index >= 15 is 0 Å². The van der Waals surface area contributed by atoms with E-state index in [0.717, 1.165) is 11.0 Å². The molecule has 0 radical (unpaired) electrons. The van der Waals surface area contributed by atoms with Gasteiger partial charge in [0.1, 0.15) is 0 Å². The molecule has 0 unspecified atom stereocenters. The molecule has 0 saturated carbocycles. The van der Waals surface area contributed by atoms with Crippen LogP contribution in [0.4, 0.5) is 27.6 Å². The van der Waals surface area contributed by atoms with Crippen molar-refractivity contribution in [2.24, 2.45) is 0 Å². The summed E-state index contributed by atoms with van der Waals surface area (Å²) < 4.78 is 63.5. The highest BCUT2D eigenvalue weighted by molar-refractivity contribution is 5.51. The average molecular weight is 296 g/mol. The molecule has 0 aromatic heterocycles. The minimum Gasteiger partial charge on any atom is -0.369 e. The van der Waals surface area contributed by atoms with Gasteiger partial charge in [0.25, 0.3) is 6.43 Å². The van der Waals surface area contributed by atoms with Gasteiger partial charge in [-0.3, -0.25) is 0 Å². The molecule has 0 bridgehead atoms. The number of rotatable bonds is 6. The van der Waals surface area contributed by atoms with E-state index in [1.54, 1.807) is 6.92 Å². The molecule has 20 heavy (non-hydrogen) atoms. The first-order valence-corrected chi connectivity index (χ1v) is 6.15. The summed E-state index contributed by atoms with van der Waals surface area (Å²) in [7, 11) is 1.34. The Morgan fingerprint density at radius 3 is 2.40 bits per heavy atom. The zero-order chi connectivity index (χ0) is 15.3. The van der Waals surface area contributed by atoms with E-state index in [1.165, 1.54) is 19.2 Å². The number of halogens is 5. The standard InChI is InChI=1S/C13H17F5N2/c1-3-19-7-9-4-5-10(20(2)8-12(14)15)6-11(9)13(16,17)18/h4-6,12,19H,3,7-8H2,1-2H3. The third-order valence-electron chi connectivity index (χ3n) is 2.82. The van der Waals surface area contributed by atoms with E-state index in [9.17, 15) is 22.0 Å². The Balaban J connectivity index is 3.07. The van der Waals surface area contributed by atoms with Gasteiger partial charge in [0.2, 0.25) is 0 Å². The van der Waals surface area contributed by atoms with E-state index in [2.05, 4.69) is 5.32 Å². The van der Waals surface area contributed by atoms with Gasteiger partial charge in [-0.1, -0.05) is 13.0 Å². The molecule has 0 saturated heterocycles. The third-order valence-corrected chi connectivity index (χ3v) is 2.82. The van der Waals surface area contributed by atoms with E-state index in [4.69, 9.17) is 0 Å². The van der Waals surface area contributed by atoms with Crippen LogP contribution in [0.1, 0.15) is 18.1 Å². The lowest BCUT2D eigenvalue weighted by Gasteiger charge is -2.21. The van der Waals surface area contributed by atoms with Gasteiger partial charge < -0.3 is 10.2 Å². The minimum atomic E-state index is -4.51. The number of anilines is 1. The van der Waals surface area contributed by atoms with Crippen LogP contribution in [0.25, 0.3) is 0 Å². The Hall–Kier alpha value is -1.37. The first-order valence-electron chi connectivity index (χ1n) is 6.15. The molecule has 114 valence electrons. The topological polar surface area (TPSA) is 15.3 Å². The Morgan fingerprint density at radius 2 is 1.90 bits per heavy atom. The fraction of sp³-hybridized carbons (Fsp3) is 0.538. The van der Waals surface area contributed by atoms with E-state index < -0.39 is 24.7 Å². The van der Waals surface area contributed by atoms with Crippen molar-refractivity contribution in [3.63, 3.8) is 0 Å². The molecule has 0 aliphatic heterocycles. The second-order valence-corrected chi connectivity index (χ2v) is 4.39. The van der Waals surface area contributed by atoms with Gasteiger partial charge in [-0.2, -0.15) is 13.2 Å². The smallest absolute Gasteiger partial charge is 0.369 e. The van der Waals surface area contributed by atoms with Crippen molar-refractivity contribution in [1.29, 1.82) is 0 Å². The van der Waals surface area contributed by atoms with E-state index in [1.807, 2.05) is 0 Å². The molecule has 0 aliphatic carbocycles. The SMILES string of the molecule is CCNCc1ccc(N(C)CC(F)F)cc1C(F)(F)F. The van der Waals surface area contributed by atoms with Crippen LogP contribution >= 0.6 is 0 Å². The maximum atomic E-state index is 13.0. The number of hydrogen-bond acceptors (Lipinski definition) is 2. The predicted molar refractivity (Wildman–Crippen MR) is 68.1 cm³/mol. The lowest BCUT2D eigenvalue weighted by atomic mass is 10.1. The first-order chi connectivity index (χ1) is 9.25. The molecule has 0 fully saturated rings. The molecule has 1 aromatic carbocycles. The largest absolute Gasteiger partial charge is 0.416 e. The molecule has 2 nitrogen and oxygen atoms in total. The molecule has 1 aromatic rings. The summed E-state index contributed by atoms with van der Waals surface area (Å²) in [6.07, 6.45) is -7.11. The van der Waals surface area contributed by atoms with Crippen molar-refractivity contribution < 1.29 is 22.0 Å². The quantitative estimate of drug-likeness (QED) is 0.808. The lowest BCUT2D eigenvalue weighted by Crippen LogP contribution is -2.25. The van der Waals surface area contributed by atoms with Crippen LogP contribution in [0.2, 0.25) is 0 Å². The molecule has 1 N–H and O–H groups in total. The summed E-state index contributed by atoms with van der Waals surface area (Å²) >= 11 is 0. The van der Waals surface area contributed by atoms with Crippen LogP contribution < -0.4 is 10.2 Å². The summed E-state index contributed by atoms with van der Waals surface area (Å²) in [4.78, 5) is 1.11. The lowest BCUT2D eigenvalue weighted by molar-refractivity contribution is -0.138. The highest BCUT2D eigenvalue weighted by Gasteiger charge is 2.33. The van der Waals surface area contributed by atoms with Crippen molar-refractivity contribution in [1.82, 2.24) is 5.32 Å². The van der Waals surface area contributed by atoms with Crippen LogP contribution in [0.15, 0.2) is 18.2 Å². The number of nitrogens with one attached hydrogen (secondary N) is 1. The summed E-state index contributed by atoms with van der Waals surface area (Å²) in [5.41, 5.74) is -0.566. The van der Waals surface area contributed by atoms with E-state index in [-0.39, 0.29) is 17.8 Å². The van der Waals surface area contributed by atoms with Crippen molar-refractivity contribution in [3.05, 3.63) is 29.3 Å². The van der Waals surface area contributed by atoms with Crippen LogP contribution in [-0.4, -0.2) is 26.6 Å². The zero-order valence-electron chi connectivity index (χ0n) is 11.3. The summed E-state index contributed by atoms with van der Waals surface area (Å²) in [5.74, 6) is 0. The molecule has 1 rings (SSSR count). The maximum Gasteiger partial charge on any atom is 0.416 e. The van der Waals surface area contributed by atoms with Gasteiger partial charge in [-0.25, -0.2) is 8.78 Å². The number of benzene rings is 1. The Kier molecular flexibility index (Phi) is 5.74. The molecule has 7 heteroatoms. The summed E-state index contributed by atoms with van der Waals surface area (Å²) in [6.45, 7) is 1.82. The first kappa shape index (κ1) is 16.7. The number of nitrogens with zero attached hydrogens (tertiary/aromatic N) is 1. The summed E-state index contributed by atoms with van der Waals surface area (Å²) in [5, 5.41) is 2.82. The molecule has 0 atom stereocenters. The van der Waals surface area contributed by atoms with Crippen molar-refractivity contribution in [2.45, 2.75) is 26.1 Å². The van der Waals surface area contributed by atoms with Gasteiger partial charge >= 0.3 is 6.18 Å². The van der Waals surface area contributed by atoms with Gasteiger partial charge in [-0.05, 0) is 24.2 Å². The van der Waals surface area contributed by atoms with Crippen LogP contribution in [0.5, 0.6) is 0 Å². The monoisotopic (exact) mass is 296 g/mol.